The van der Waals surface area contributed by atoms with Gasteiger partial charge in [-0.05, 0) is 30.3 Å². The average Bonchev–Trinajstić information content (AvgIpc) is 2.42. The molecule has 0 atom stereocenters. The van der Waals surface area contributed by atoms with Gasteiger partial charge in [0.2, 0.25) is 0 Å². The van der Waals surface area contributed by atoms with Gasteiger partial charge < -0.3 is 10.1 Å². The van der Waals surface area contributed by atoms with Crippen LogP contribution in [0.25, 0.3) is 0 Å². The molecule has 0 unspecified atom stereocenters. The topological polar surface area (TPSA) is 38.3 Å². The van der Waals surface area contributed by atoms with Crippen LogP contribution in [0.1, 0.15) is 10.4 Å². The molecule has 0 heterocycles. The van der Waals surface area contributed by atoms with E-state index in [-0.39, 0.29) is 5.91 Å². The summed E-state index contributed by atoms with van der Waals surface area (Å²) in [5, 5.41) is 3.24. The van der Waals surface area contributed by atoms with Crippen molar-refractivity contribution in [3.63, 3.8) is 0 Å². The lowest BCUT2D eigenvalue weighted by molar-refractivity contribution is 0.102. The molecule has 0 aromatic heterocycles. The number of rotatable bonds is 3. The summed E-state index contributed by atoms with van der Waals surface area (Å²) in [4.78, 5) is 12.2. The number of halogens is 2. The minimum absolute atomic E-state index is 0.266. The van der Waals surface area contributed by atoms with Crippen LogP contribution in [0, 0.1) is 0 Å². The largest absolute Gasteiger partial charge is 0.496 e. The number of para-hydroxylation sites is 1. The van der Waals surface area contributed by atoms with Gasteiger partial charge in [0.05, 0.1) is 23.4 Å². The van der Waals surface area contributed by atoms with E-state index in [0.717, 1.165) is 4.47 Å². The van der Waals surface area contributed by atoms with E-state index in [1.54, 1.807) is 36.4 Å². The maximum atomic E-state index is 12.2. The second-order valence-corrected chi connectivity index (χ2v) is 5.10. The Balaban J connectivity index is 2.28. The molecule has 0 spiro atoms. The molecule has 0 aliphatic carbocycles. The molecule has 0 bridgehead atoms. The molecule has 1 amide bonds. The lowest BCUT2D eigenvalue weighted by Gasteiger charge is -2.10. The molecule has 19 heavy (non-hydrogen) atoms. The number of anilines is 1. The van der Waals surface area contributed by atoms with Gasteiger partial charge in [0.15, 0.2) is 0 Å². The Bertz CT molecular complexity index is 616. The van der Waals surface area contributed by atoms with Crippen molar-refractivity contribution in [2.24, 2.45) is 0 Å². The summed E-state index contributed by atoms with van der Waals surface area (Å²) in [5.74, 6) is 0.253. The summed E-state index contributed by atoms with van der Waals surface area (Å²) in [7, 11) is 1.53. The molecule has 2 rings (SSSR count). The van der Waals surface area contributed by atoms with Crippen LogP contribution in [0.3, 0.4) is 0 Å². The summed E-state index contributed by atoms with van der Waals surface area (Å²) in [6.45, 7) is 0. The zero-order valence-electron chi connectivity index (χ0n) is 10.1. The van der Waals surface area contributed by atoms with Gasteiger partial charge >= 0.3 is 0 Å². The van der Waals surface area contributed by atoms with Crippen LogP contribution in [0.2, 0.25) is 5.02 Å². The van der Waals surface area contributed by atoms with E-state index >= 15 is 0 Å². The Kier molecular flexibility index (Phi) is 4.45. The number of carbonyl (C=O) groups is 1. The zero-order valence-corrected chi connectivity index (χ0v) is 12.5. The van der Waals surface area contributed by atoms with Gasteiger partial charge in [-0.2, -0.15) is 0 Å². The van der Waals surface area contributed by atoms with E-state index in [1.807, 2.05) is 6.07 Å². The van der Waals surface area contributed by atoms with E-state index in [4.69, 9.17) is 16.3 Å². The molecule has 2 aromatic carbocycles. The highest BCUT2D eigenvalue weighted by Gasteiger charge is 2.13. The summed E-state index contributed by atoms with van der Waals surface area (Å²) >= 11 is 9.37. The average molecular weight is 341 g/mol. The Morgan fingerprint density at radius 1 is 1.26 bits per heavy atom. The standard InChI is InChI=1S/C14H11BrClNO2/c1-19-13-5-3-2-4-10(13)14(18)17-12-8-9(15)6-7-11(12)16/h2-8H,1H3,(H,17,18). The number of amides is 1. The third-order valence-electron chi connectivity index (χ3n) is 2.53. The first kappa shape index (κ1) is 13.9. The molecule has 0 radical (unpaired) electrons. The maximum Gasteiger partial charge on any atom is 0.259 e. The van der Waals surface area contributed by atoms with Crippen LogP contribution in [0.15, 0.2) is 46.9 Å². The molecule has 0 saturated heterocycles. The number of ether oxygens (including phenoxy) is 1. The number of carbonyl (C=O) groups excluding carboxylic acids is 1. The van der Waals surface area contributed by atoms with Gasteiger partial charge in [0, 0.05) is 4.47 Å². The molecule has 3 nitrogen and oxygen atoms in total. The van der Waals surface area contributed by atoms with E-state index in [1.165, 1.54) is 7.11 Å². The Morgan fingerprint density at radius 2 is 2.00 bits per heavy atom. The number of benzene rings is 2. The predicted octanol–water partition coefficient (Wildman–Crippen LogP) is 4.36. The number of methoxy groups -OCH3 is 1. The third kappa shape index (κ3) is 3.28. The van der Waals surface area contributed by atoms with Crippen LogP contribution < -0.4 is 10.1 Å². The molecule has 0 aliphatic rings. The van der Waals surface area contributed by atoms with Gasteiger partial charge in [-0.1, -0.05) is 39.7 Å². The van der Waals surface area contributed by atoms with E-state index in [0.29, 0.717) is 22.0 Å². The summed E-state index contributed by atoms with van der Waals surface area (Å²) in [6, 6.07) is 12.3. The highest BCUT2D eigenvalue weighted by atomic mass is 79.9. The first-order valence-electron chi connectivity index (χ1n) is 5.51. The highest BCUT2D eigenvalue weighted by Crippen LogP contribution is 2.27. The van der Waals surface area contributed by atoms with Gasteiger partial charge in [0.1, 0.15) is 5.75 Å². The number of hydrogen-bond acceptors (Lipinski definition) is 2. The second kappa shape index (κ2) is 6.08. The Hall–Kier alpha value is -1.52. The quantitative estimate of drug-likeness (QED) is 0.901. The van der Waals surface area contributed by atoms with E-state index in [9.17, 15) is 4.79 Å². The fourth-order valence-corrected chi connectivity index (χ4v) is 2.14. The second-order valence-electron chi connectivity index (χ2n) is 3.78. The maximum absolute atomic E-state index is 12.2. The highest BCUT2D eigenvalue weighted by molar-refractivity contribution is 9.10. The molecular formula is C14H11BrClNO2. The lowest BCUT2D eigenvalue weighted by atomic mass is 10.2. The third-order valence-corrected chi connectivity index (χ3v) is 3.35. The summed E-state index contributed by atoms with van der Waals surface area (Å²) in [5.41, 5.74) is 1.01. The van der Waals surface area contributed by atoms with E-state index in [2.05, 4.69) is 21.2 Å². The van der Waals surface area contributed by atoms with Crippen LogP contribution in [-0.2, 0) is 0 Å². The van der Waals surface area contributed by atoms with Crippen molar-refractivity contribution in [3.05, 3.63) is 57.5 Å². The van der Waals surface area contributed by atoms with E-state index < -0.39 is 0 Å². The normalized spacial score (nSPS) is 10.1. The van der Waals surface area contributed by atoms with Crippen molar-refractivity contribution < 1.29 is 9.53 Å². The summed E-state index contributed by atoms with van der Waals surface area (Å²) in [6.07, 6.45) is 0. The molecule has 0 saturated carbocycles. The molecule has 5 heteroatoms. The molecule has 1 N–H and O–H groups in total. The monoisotopic (exact) mass is 339 g/mol. The van der Waals surface area contributed by atoms with Crippen molar-refractivity contribution in [2.75, 3.05) is 12.4 Å². The molecule has 2 aromatic rings. The SMILES string of the molecule is COc1ccccc1C(=O)Nc1cc(Br)ccc1Cl. The summed E-state index contributed by atoms with van der Waals surface area (Å²) < 4.78 is 6.00. The Labute approximate surface area is 124 Å². The van der Waals surface area contributed by atoms with Crippen molar-refractivity contribution in [2.45, 2.75) is 0 Å². The fourth-order valence-electron chi connectivity index (χ4n) is 1.62. The van der Waals surface area contributed by atoms with Gasteiger partial charge in [-0.3, -0.25) is 4.79 Å². The van der Waals surface area contributed by atoms with Crippen LogP contribution in [0.4, 0.5) is 5.69 Å². The zero-order chi connectivity index (χ0) is 13.8. The van der Waals surface area contributed by atoms with Gasteiger partial charge in [-0.15, -0.1) is 0 Å². The molecule has 0 fully saturated rings. The van der Waals surface area contributed by atoms with Crippen molar-refractivity contribution in [3.8, 4) is 5.75 Å². The first-order chi connectivity index (χ1) is 9.11. The molecular weight excluding hydrogens is 330 g/mol. The van der Waals surface area contributed by atoms with Crippen molar-refractivity contribution >= 4 is 39.1 Å². The van der Waals surface area contributed by atoms with Crippen molar-refractivity contribution in [1.29, 1.82) is 0 Å². The van der Waals surface area contributed by atoms with Crippen LogP contribution >= 0.6 is 27.5 Å². The predicted molar refractivity (Wildman–Crippen MR) is 80.1 cm³/mol. The minimum Gasteiger partial charge on any atom is -0.496 e. The number of hydrogen-bond donors (Lipinski definition) is 1. The minimum atomic E-state index is -0.266. The van der Waals surface area contributed by atoms with Gasteiger partial charge in [0.25, 0.3) is 5.91 Å². The number of nitrogens with one attached hydrogen (secondary N) is 1. The Morgan fingerprint density at radius 3 is 2.74 bits per heavy atom. The lowest BCUT2D eigenvalue weighted by Crippen LogP contribution is -2.13. The van der Waals surface area contributed by atoms with Crippen molar-refractivity contribution in [1.82, 2.24) is 0 Å². The fraction of sp³-hybridized carbons (Fsp3) is 0.0714. The smallest absolute Gasteiger partial charge is 0.259 e. The first-order valence-corrected chi connectivity index (χ1v) is 6.68. The van der Waals surface area contributed by atoms with Crippen LogP contribution in [0.5, 0.6) is 5.75 Å². The molecule has 0 aliphatic heterocycles. The van der Waals surface area contributed by atoms with Crippen LogP contribution in [-0.4, -0.2) is 13.0 Å². The molecule has 98 valence electrons. The van der Waals surface area contributed by atoms with Gasteiger partial charge in [-0.25, -0.2) is 0 Å².